The van der Waals surface area contributed by atoms with Crippen LogP contribution in [0.15, 0.2) is 28.7 Å². The Bertz CT molecular complexity index is 414. The fourth-order valence-electron chi connectivity index (χ4n) is 1.17. The van der Waals surface area contributed by atoms with Gasteiger partial charge in [0.05, 0.1) is 5.75 Å². The van der Waals surface area contributed by atoms with Crippen LogP contribution >= 0.6 is 15.9 Å². The lowest BCUT2D eigenvalue weighted by Gasteiger charge is -2.13. The summed E-state index contributed by atoms with van der Waals surface area (Å²) < 4.78 is 26.2. The summed E-state index contributed by atoms with van der Waals surface area (Å²) in [6, 6.07) is 7.39. The molecular formula is C10H14BrNO2S. The molecule has 84 valence electrons. The van der Waals surface area contributed by atoms with Gasteiger partial charge in [-0.3, -0.25) is 0 Å². The molecule has 0 saturated heterocycles. The summed E-state index contributed by atoms with van der Waals surface area (Å²) in [7, 11) is -3.14. The van der Waals surface area contributed by atoms with Gasteiger partial charge < -0.3 is 0 Å². The van der Waals surface area contributed by atoms with E-state index >= 15 is 0 Å². The van der Waals surface area contributed by atoms with E-state index in [0.29, 0.717) is 0 Å². The second-order valence-corrected chi connectivity index (χ2v) is 6.25. The molecule has 0 heterocycles. The van der Waals surface area contributed by atoms with E-state index in [1.165, 1.54) is 0 Å². The van der Waals surface area contributed by atoms with E-state index < -0.39 is 10.0 Å². The lowest BCUT2D eigenvalue weighted by molar-refractivity contribution is 0.568. The van der Waals surface area contributed by atoms with Crippen molar-refractivity contribution >= 4 is 26.0 Å². The highest BCUT2D eigenvalue weighted by Crippen LogP contribution is 2.17. The Labute approximate surface area is 99.1 Å². The fraction of sp³-hybridized carbons (Fsp3) is 0.400. The number of halogens is 1. The van der Waals surface area contributed by atoms with Gasteiger partial charge in [-0.25, -0.2) is 13.1 Å². The molecule has 0 saturated carbocycles. The van der Waals surface area contributed by atoms with E-state index in [2.05, 4.69) is 20.7 Å². The lowest BCUT2D eigenvalue weighted by Crippen LogP contribution is -2.28. The van der Waals surface area contributed by atoms with Crippen LogP contribution in [0.4, 0.5) is 0 Å². The van der Waals surface area contributed by atoms with Crippen LogP contribution in [-0.4, -0.2) is 14.2 Å². The Kier molecular flexibility index (Phi) is 4.31. The largest absolute Gasteiger partial charge is 0.212 e. The summed E-state index contributed by atoms with van der Waals surface area (Å²) in [5.74, 6) is 0.105. The van der Waals surface area contributed by atoms with Crippen molar-refractivity contribution in [1.29, 1.82) is 0 Å². The minimum atomic E-state index is -3.14. The van der Waals surface area contributed by atoms with E-state index in [4.69, 9.17) is 0 Å². The third kappa shape index (κ3) is 3.93. The molecule has 0 aliphatic heterocycles. The van der Waals surface area contributed by atoms with E-state index in [9.17, 15) is 8.42 Å². The van der Waals surface area contributed by atoms with Crippen molar-refractivity contribution in [2.45, 2.75) is 19.9 Å². The standard InChI is InChI=1S/C10H14BrNO2S/c1-3-15(13,14)12-8(2)9-4-6-10(11)7-5-9/h4-8,12H,3H2,1-2H3/t8-/m1/s1. The molecule has 15 heavy (non-hydrogen) atoms. The summed E-state index contributed by atoms with van der Waals surface area (Å²) >= 11 is 3.33. The minimum absolute atomic E-state index is 0.105. The molecule has 0 amide bonds. The van der Waals surface area contributed by atoms with Crippen molar-refractivity contribution in [2.24, 2.45) is 0 Å². The van der Waals surface area contributed by atoms with Gasteiger partial charge in [-0.05, 0) is 31.5 Å². The van der Waals surface area contributed by atoms with Gasteiger partial charge in [-0.1, -0.05) is 28.1 Å². The maximum absolute atomic E-state index is 11.3. The Hall–Kier alpha value is -0.390. The highest BCUT2D eigenvalue weighted by Gasteiger charge is 2.12. The normalized spacial score (nSPS) is 13.8. The number of rotatable bonds is 4. The Morgan fingerprint density at radius 1 is 1.33 bits per heavy atom. The van der Waals surface area contributed by atoms with Gasteiger partial charge in [-0.15, -0.1) is 0 Å². The summed E-state index contributed by atoms with van der Waals surface area (Å²) in [6.45, 7) is 3.45. The molecule has 0 aromatic heterocycles. The van der Waals surface area contributed by atoms with Crippen molar-refractivity contribution in [2.75, 3.05) is 5.75 Å². The van der Waals surface area contributed by atoms with Crippen LogP contribution in [-0.2, 0) is 10.0 Å². The molecule has 1 N–H and O–H groups in total. The number of hydrogen-bond acceptors (Lipinski definition) is 2. The minimum Gasteiger partial charge on any atom is -0.212 e. The number of benzene rings is 1. The van der Waals surface area contributed by atoms with Crippen molar-refractivity contribution in [3.63, 3.8) is 0 Å². The smallest absolute Gasteiger partial charge is 0.211 e. The Morgan fingerprint density at radius 2 is 1.87 bits per heavy atom. The molecule has 1 atom stereocenters. The van der Waals surface area contributed by atoms with Gasteiger partial charge in [0.1, 0.15) is 0 Å². The molecule has 0 bridgehead atoms. The Balaban J connectivity index is 2.78. The number of nitrogens with one attached hydrogen (secondary N) is 1. The lowest BCUT2D eigenvalue weighted by atomic mass is 10.1. The molecule has 0 fully saturated rings. The van der Waals surface area contributed by atoms with E-state index in [0.717, 1.165) is 10.0 Å². The molecule has 1 aromatic carbocycles. The first kappa shape index (κ1) is 12.7. The van der Waals surface area contributed by atoms with E-state index in [1.807, 2.05) is 31.2 Å². The first-order chi connectivity index (χ1) is 6.94. The predicted molar refractivity (Wildman–Crippen MR) is 65.2 cm³/mol. The van der Waals surface area contributed by atoms with Gasteiger partial charge in [-0.2, -0.15) is 0 Å². The van der Waals surface area contributed by atoms with Crippen molar-refractivity contribution < 1.29 is 8.42 Å². The zero-order chi connectivity index (χ0) is 11.5. The maximum Gasteiger partial charge on any atom is 0.211 e. The summed E-state index contributed by atoms with van der Waals surface area (Å²) in [6.07, 6.45) is 0. The molecule has 3 nitrogen and oxygen atoms in total. The molecular weight excluding hydrogens is 278 g/mol. The van der Waals surface area contributed by atoms with Gasteiger partial charge in [0.25, 0.3) is 0 Å². The highest BCUT2D eigenvalue weighted by molar-refractivity contribution is 9.10. The second-order valence-electron chi connectivity index (χ2n) is 3.29. The first-order valence-corrected chi connectivity index (χ1v) is 7.14. The van der Waals surface area contributed by atoms with Crippen LogP contribution in [0.5, 0.6) is 0 Å². The van der Waals surface area contributed by atoms with Gasteiger partial charge in [0, 0.05) is 10.5 Å². The summed E-state index contributed by atoms with van der Waals surface area (Å²) in [5, 5.41) is 0. The van der Waals surface area contributed by atoms with Gasteiger partial charge >= 0.3 is 0 Å². The van der Waals surface area contributed by atoms with Crippen molar-refractivity contribution in [3.05, 3.63) is 34.3 Å². The summed E-state index contributed by atoms with van der Waals surface area (Å²) in [4.78, 5) is 0. The van der Waals surface area contributed by atoms with Crippen molar-refractivity contribution in [3.8, 4) is 0 Å². The third-order valence-corrected chi connectivity index (χ3v) is 4.11. The third-order valence-electron chi connectivity index (χ3n) is 2.11. The topological polar surface area (TPSA) is 46.2 Å². The molecule has 0 radical (unpaired) electrons. The molecule has 1 rings (SSSR count). The van der Waals surface area contributed by atoms with Crippen LogP contribution in [0.3, 0.4) is 0 Å². The van der Waals surface area contributed by atoms with Crippen molar-refractivity contribution in [1.82, 2.24) is 4.72 Å². The second kappa shape index (κ2) is 5.09. The zero-order valence-corrected chi connectivity index (χ0v) is 11.1. The molecule has 1 aromatic rings. The van der Waals surface area contributed by atoms with Crippen LogP contribution in [0.2, 0.25) is 0 Å². The fourth-order valence-corrected chi connectivity index (χ4v) is 2.28. The van der Waals surface area contributed by atoms with Crippen LogP contribution < -0.4 is 4.72 Å². The van der Waals surface area contributed by atoms with Crippen LogP contribution in [0, 0.1) is 0 Å². The SMILES string of the molecule is CCS(=O)(=O)N[C@H](C)c1ccc(Br)cc1. The first-order valence-electron chi connectivity index (χ1n) is 4.70. The molecule has 0 aliphatic carbocycles. The highest BCUT2D eigenvalue weighted by atomic mass is 79.9. The van der Waals surface area contributed by atoms with Gasteiger partial charge in [0.15, 0.2) is 0 Å². The average Bonchev–Trinajstić information content (AvgIpc) is 2.18. The average molecular weight is 292 g/mol. The number of sulfonamides is 1. The zero-order valence-electron chi connectivity index (χ0n) is 8.70. The van der Waals surface area contributed by atoms with E-state index in [1.54, 1.807) is 6.92 Å². The molecule has 5 heteroatoms. The summed E-state index contributed by atoms with van der Waals surface area (Å²) in [5.41, 5.74) is 0.954. The predicted octanol–water partition coefficient (Wildman–Crippen LogP) is 2.45. The molecule has 0 aliphatic rings. The van der Waals surface area contributed by atoms with Gasteiger partial charge in [0.2, 0.25) is 10.0 Å². The van der Waals surface area contributed by atoms with Crippen LogP contribution in [0.25, 0.3) is 0 Å². The van der Waals surface area contributed by atoms with E-state index in [-0.39, 0.29) is 11.8 Å². The molecule has 0 spiro atoms. The molecule has 0 unspecified atom stereocenters. The quantitative estimate of drug-likeness (QED) is 0.926. The monoisotopic (exact) mass is 291 g/mol. The maximum atomic E-state index is 11.3. The number of hydrogen-bond donors (Lipinski definition) is 1. The van der Waals surface area contributed by atoms with Crippen LogP contribution in [0.1, 0.15) is 25.5 Å². The Morgan fingerprint density at radius 3 is 2.33 bits per heavy atom.